The van der Waals surface area contributed by atoms with E-state index in [2.05, 4.69) is 15.7 Å². The fourth-order valence-electron chi connectivity index (χ4n) is 2.79. The molecule has 0 saturated heterocycles. The molecule has 0 atom stereocenters. The van der Waals surface area contributed by atoms with Crippen LogP contribution in [0.2, 0.25) is 0 Å². The van der Waals surface area contributed by atoms with Crippen molar-refractivity contribution in [3.63, 3.8) is 0 Å². The average molecular weight is 284 g/mol. The number of hydrogen-bond donors (Lipinski definition) is 2. The molecule has 1 amide bonds. The van der Waals surface area contributed by atoms with Gasteiger partial charge in [-0.3, -0.25) is 9.48 Å². The van der Waals surface area contributed by atoms with E-state index in [1.165, 1.54) is 5.69 Å². The molecule has 0 radical (unpaired) electrons. The zero-order chi connectivity index (χ0) is 14.2. The number of anilines is 2. The van der Waals surface area contributed by atoms with Gasteiger partial charge in [0.15, 0.2) is 5.82 Å². The Bertz CT molecular complexity index is 686. The highest BCUT2D eigenvalue weighted by molar-refractivity contribution is 6.04. The highest BCUT2D eigenvalue weighted by Crippen LogP contribution is 2.28. The normalized spacial score (nSPS) is 15.6. The van der Waals surface area contributed by atoms with Crippen LogP contribution >= 0.6 is 0 Å². The number of aryl methyl sites for hydroxylation is 2. The first kappa shape index (κ1) is 12.3. The first-order chi connectivity index (χ1) is 10.3. The van der Waals surface area contributed by atoms with Crippen LogP contribution in [0.1, 0.15) is 22.5 Å². The van der Waals surface area contributed by atoms with Crippen molar-refractivity contribution in [3.05, 3.63) is 35.5 Å². The lowest BCUT2D eigenvalue weighted by molar-refractivity contribution is 0.102. The third kappa shape index (κ3) is 2.22. The van der Waals surface area contributed by atoms with Crippen molar-refractivity contribution >= 4 is 17.4 Å². The maximum Gasteiger partial charge on any atom is 0.257 e. The fraction of sp³-hybridized carbons (Fsp3) is 0.333. The summed E-state index contributed by atoms with van der Waals surface area (Å²) >= 11 is 0. The molecule has 4 rings (SSSR count). The largest absolute Gasteiger partial charge is 0.490 e. The van der Waals surface area contributed by atoms with Gasteiger partial charge < -0.3 is 15.4 Å². The van der Waals surface area contributed by atoms with Gasteiger partial charge in [0.25, 0.3) is 5.91 Å². The molecule has 1 aromatic carbocycles. The zero-order valence-corrected chi connectivity index (χ0v) is 11.6. The smallest absolute Gasteiger partial charge is 0.257 e. The summed E-state index contributed by atoms with van der Waals surface area (Å²) in [4.78, 5) is 12.3. The van der Waals surface area contributed by atoms with Crippen molar-refractivity contribution < 1.29 is 9.53 Å². The van der Waals surface area contributed by atoms with Gasteiger partial charge in [-0.2, -0.15) is 5.10 Å². The first-order valence-electron chi connectivity index (χ1n) is 7.18. The number of ether oxygens (including phenoxy) is 1. The summed E-state index contributed by atoms with van der Waals surface area (Å²) in [5.41, 5.74) is 2.69. The number of hydrogen-bond acceptors (Lipinski definition) is 4. The lowest BCUT2D eigenvalue weighted by atomic mass is 10.1. The minimum absolute atomic E-state index is 0.163. The maximum absolute atomic E-state index is 12.3. The predicted octanol–water partition coefficient (Wildman–Crippen LogP) is 1.89. The minimum Gasteiger partial charge on any atom is -0.490 e. The van der Waals surface area contributed by atoms with Crippen LogP contribution in [0.3, 0.4) is 0 Å². The molecule has 6 nitrogen and oxygen atoms in total. The number of carbonyl (C=O) groups is 1. The van der Waals surface area contributed by atoms with Crippen LogP contribution in [0.15, 0.2) is 24.3 Å². The molecular weight excluding hydrogens is 268 g/mol. The predicted molar refractivity (Wildman–Crippen MR) is 78.9 cm³/mol. The molecule has 0 aliphatic carbocycles. The number of amides is 1. The Morgan fingerprint density at radius 1 is 1.38 bits per heavy atom. The molecule has 0 saturated carbocycles. The Balaban J connectivity index is 1.54. The average Bonchev–Trinajstić information content (AvgIpc) is 3.08. The van der Waals surface area contributed by atoms with Gasteiger partial charge in [-0.25, -0.2) is 0 Å². The van der Waals surface area contributed by atoms with Gasteiger partial charge in [-0.15, -0.1) is 0 Å². The van der Waals surface area contributed by atoms with Gasteiger partial charge >= 0.3 is 0 Å². The molecule has 0 unspecified atom stereocenters. The van der Waals surface area contributed by atoms with Crippen molar-refractivity contribution in [2.24, 2.45) is 0 Å². The summed E-state index contributed by atoms with van der Waals surface area (Å²) in [5, 5.41) is 10.5. The topological polar surface area (TPSA) is 68.2 Å². The molecule has 6 heteroatoms. The quantitative estimate of drug-likeness (QED) is 0.883. The van der Waals surface area contributed by atoms with Crippen LogP contribution in [0.5, 0.6) is 5.75 Å². The second kappa shape index (κ2) is 4.80. The first-order valence-corrected chi connectivity index (χ1v) is 7.18. The molecular formula is C15H16N4O2. The number of nitrogens with zero attached hydrogens (tertiary/aromatic N) is 2. The minimum atomic E-state index is -0.163. The Morgan fingerprint density at radius 2 is 2.33 bits per heavy atom. The second-order valence-corrected chi connectivity index (χ2v) is 5.29. The van der Waals surface area contributed by atoms with E-state index in [0.717, 1.165) is 37.4 Å². The van der Waals surface area contributed by atoms with Crippen molar-refractivity contribution in [3.8, 4) is 5.75 Å². The summed E-state index contributed by atoms with van der Waals surface area (Å²) < 4.78 is 7.51. The van der Waals surface area contributed by atoms with Gasteiger partial charge in [0.1, 0.15) is 12.4 Å². The summed E-state index contributed by atoms with van der Waals surface area (Å²) in [6, 6.07) is 7.37. The maximum atomic E-state index is 12.3. The van der Waals surface area contributed by atoms with Crippen LogP contribution in [0, 0.1) is 0 Å². The second-order valence-electron chi connectivity index (χ2n) is 5.29. The van der Waals surface area contributed by atoms with E-state index in [1.807, 2.05) is 16.8 Å². The van der Waals surface area contributed by atoms with Crippen LogP contribution in [0.25, 0.3) is 0 Å². The number of benzene rings is 1. The van der Waals surface area contributed by atoms with E-state index in [1.54, 1.807) is 12.1 Å². The molecule has 21 heavy (non-hydrogen) atoms. The molecule has 1 aromatic heterocycles. The van der Waals surface area contributed by atoms with Gasteiger partial charge in [-0.1, -0.05) is 0 Å². The third-order valence-corrected chi connectivity index (χ3v) is 3.83. The molecule has 2 aliphatic heterocycles. The van der Waals surface area contributed by atoms with E-state index >= 15 is 0 Å². The summed E-state index contributed by atoms with van der Waals surface area (Å²) in [6.45, 7) is 2.34. The van der Waals surface area contributed by atoms with Crippen LogP contribution in [0.4, 0.5) is 11.5 Å². The SMILES string of the molecule is O=C(Nc1cc2n(n1)CCC2)c1ccc2c(c1)OCCN2. The molecule has 0 fully saturated rings. The van der Waals surface area contributed by atoms with Crippen LogP contribution in [-0.4, -0.2) is 28.8 Å². The number of carbonyl (C=O) groups excluding carboxylic acids is 1. The van der Waals surface area contributed by atoms with E-state index in [9.17, 15) is 4.79 Å². The lowest BCUT2D eigenvalue weighted by Crippen LogP contribution is -2.19. The van der Waals surface area contributed by atoms with E-state index in [-0.39, 0.29) is 5.91 Å². The van der Waals surface area contributed by atoms with Crippen molar-refractivity contribution in [2.75, 3.05) is 23.8 Å². The monoisotopic (exact) mass is 284 g/mol. The zero-order valence-electron chi connectivity index (χ0n) is 11.6. The lowest BCUT2D eigenvalue weighted by Gasteiger charge is -2.19. The Hall–Kier alpha value is -2.50. The summed E-state index contributed by atoms with van der Waals surface area (Å²) in [6.07, 6.45) is 2.16. The molecule has 2 aliphatic rings. The molecule has 0 spiro atoms. The summed E-state index contributed by atoms with van der Waals surface area (Å²) in [7, 11) is 0. The Labute approximate surface area is 122 Å². The molecule has 0 bridgehead atoms. The third-order valence-electron chi connectivity index (χ3n) is 3.83. The van der Waals surface area contributed by atoms with E-state index < -0.39 is 0 Å². The molecule has 2 aromatic rings. The van der Waals surface area contributed by atoms with Crippen molar-refractivity contribution in [1.82, 2.24) is 9.78 Å². The highest BCUT2D eigenvalue weighted by atomic mass is 16.5. The van der Waals surface area contributed by atoms with Crippen LogP contribution in [-0.2, 0) is 13.0 Å². The van der Waals surface area contributed by atoms with Gasteiger partial charge in [0.05, 0.1) is 5.69 Å². The highest BCUT2D eigenvalue weighted by Gasteiger charge is 2.17. The molecule has 2 N–H and O–H groups in total. The summed E-state index contributed by atoms with van der Waals surface area (Å²) in [5.74, 6) is 1.18. The van der Waals surface area contributed by atoms with Crippen molar-refractivity contribution in [2.45, 2.75) is 19.4 Å². The molecule has 108 valence electrons. The van der Waals surface area contributed by atoms with E-state index in [4.69, 9.17) is 4.74 Å². The Morgan fingerprint density at radius 3 is 3.24 bits per heavy atom. The number of fused-ring (bicyclic) bond motifs is 2. The number of aromatic nitrogens is 2. The standard InChI is InChI=1S/C15H16N4O2/c20-15(17-14-9-11-2-1-6-19(11)18-14)10-3-4-12-13(8-10)21-7-5-16-12/h3-4,8-9,16H,1-2,5-7H2,(H,17,18,20). The van der Waals surface area contributed by atoms with E-state index in [0.29, 0.717) is 18.0 Å². The molecule has 3 heterocycles. The van der Waals surface area contributed by atoms with Crippen molar-refractivity contribution in [1.29, 1.82) is 0 Å². The number of rotatable bonds is 2. The fourth-order valence-corrected chi connectivity index (χ4v) is 2.79. The number of nitrogens with one attached hydrogen (secondary N) is 2. The van der Waals surface area contributed by atoms with Crippen LogP contribution < -0.4 is 15.4 Å². The van der Waals surface area contributed by atoms with Gasteiger partial charge in [-0.05, 0) is 31.0 Å². The van der Waals surface area contributed by atoms with Gasteiger partial charge in [0, 0.05) is 30.4 Å². The Kier molecular flexibility index (Phi) is 2.80. The van der Waals surface area contributed by atoms with Gasteiger partial charge in [0.2, 0.25) is 0 Å².